The number of benzene rings is 1. The van der Waals surface area contributed by atoms with E-state index in [9.17, 15) is 13.0 Å². The van der Waals surface area contributed by atoms with E-state index in [1.54, 1.807) is 12.1 Å². The predicted octanol–water partition coefficient (Wildman–Crippen LogP) is 0.358. The third-order valence-electron chi connectivity index (χ3n) is 2.57. The Morgan fingerprint density at radius 1 is 1.32 bits per heavy atom. The Bertz CT molecular complexity index is 728. The highest BCUT2D eigenvalue weighted by molar-refractivity contribution is 7.85. The van der Waals surface area contributed by atoms with Crippen molar-refractivity contribution in [2.24, 2.45) is 0 Å². The Balaban J connectivity index is 3.09. The first-order valence-corrected chi connectivity index (χ1v) is 7.55. The minimum Gasteiger partial charge on any atom is -0.395 e. The summed E-state index contributed by atoms with van der Waals surface area (Å²) in [4.78, 5) is -0.299. The van der Waals surface area contributed by atoms with Crippen LogP contribution in [0.1, 0.15) is 5.56 Å². The van der Waals surface area contributed by atoms with Gasteiger partial charge in [0.2, 0.25) is 0 Å². The van der Waals surface area contributed by atoms with Crippen molar-refractivity contribution in [2.45, 2.75) is 11.4 Å². The third kappa shape index (κ3) is 5.16. The molecule has 1 aromatic carbocycles. The summed E-state index contributed by atoms with van der Waals surface area (Å²) in [5, 5.41) is 31.3. The summed E-state index contributed by atoms with van der Waals surface area (Å²) in [6.45, 7) is 0.325. The quantitative estimate of drug-likeness (QED) is 0.319. The van der Waals surface area contributed by atoms with Crippen LogP contribution < -0.4 is 10.6 Å². The number of allylic oxidation sites excluding steroid dienone is 1. The summed E-state index contributed by atoms with van der Waals surface area (Å²) in [5.74, 6) is 0. The first-order chi connectivity index (χ1) is 10.4. The number of nitrogens with zero attached hydrogens (tertiary/aromatic N) is 2. The summed E-state index contributed by atoms with van der Waals surface area (Å²) in [6.07, 6.45) is 1.13. The van der Waals surface area contributed by atoms with E-state index in [2.05, 4.69) is 10.6 Å². The molecule has 0 fully saturated rings. The van der Waals surface area contributed by atoms with E-state index in [1.165, 1.54) is 18.2 Å². The van der Waals surface area contributed by atoms with Gasteiger partial charge in [-0.15, -0.1) is 0 Å². The van der Waals surface area contributed by atoms with E-state index in [-0.39, 0.29) is 30.2 Å². The molecule has 0 amide bonds. The number of hydrogen-bond donors (Lipinski definition) is 4. The predicted molar refractivity (Wildman–Crippen MR) is 78.0 cm³/mol. The fraction of sp³-hybridized carbons (Fsp3) is 0.231. The molecule has 8 nitrogen and oxygen atoms in total. The maximum Gasteiger partial charge on any atom is 0.294 e. The average Bonchev–Trinajstić information content (AvgIpc) is 2.48. The van der Waals surface area contributed by atoms with E-state index in [0.717, 1.165) is 6.20 Å². The molecule has 0 heterocycles. The molecule has 0 aromatic heterocycles. The minimum absolute atomic E-state index is 0.100. The van der Waals surface area contributed by atoms with Gasteiger partial charge in [-0.2, -0.15) is 18.9 Å². The molecular weight excluding hydrogens is 308 g/mol. The van der Waals surface area contributed by atoms with Crippen molar-refractivity contribution in [3.63, 3.8) is 0 Å². The van der Waals surface area contributed by atoms with Crippen LogP contribution in [0.2, 0.25) is 0 Å². The van der Waals surface area contributed by atoms with Crippen LogP contribution in [0, 0.1) is 22.7 Å². The van der Waals surface area contributed by atoms with Gasteiger partial charge in [-0.1, -0.05) is 6.07 Å². The average molecular weight is 322 g/mol. The Morgan fingerprint density at radius 2 is 2.00 bits per heavy atom. The van der Waals surface area contributed by atoms with Crippen LogP contribution in [0.25, 0.3) is 0 Å². The summed E-state index contributed by atoms with van der Waals surface area (Å²) >= 11 is 0. The van der Waals surface area contributed by atoms with Crippen molar-refractivity contribution in [1.29, 1.82) is 10.5 Å². The lowest BCUT2D eigenvalue weighted by atomic mass is 10.2. The molecule has 9 heteroatoms. The molecule has 1 aromatic rings. The molecule has 22 heavy (non-hydrogen) atoms. The minimum atomic E-state index is -4.44. The van der Waals surface area contributed by atoms with E-state index < -0.39 is 10.1 Å². The molecule has 0 spiro atoms. The molecular formula is C13H14N4O4S. The molecule has 0 aliphatic rings. The zero-order valence-corrected chi connectivity index (χ0v) is 12.3. The second-order valence-corrected chi connectivity index (χ2v) is 5.51. The van der Waals surface area contributed by atoms with Crippen LogP contribution in [0.4, 0.5) is 5.69 Å². The molecule has 116 valence electrons. The number of rotatable bonds is 7. The number of aliphatic hydroxyl groups excluding tert-OH is 1. The molecule has 0 radical (unpaired) electrons. The lowest BCUT2D eigenvalue weighted by molar-refractivity contribution is 0.292. The summed E-state index contributed by atoms with van der Waals surface area (Å²) in [7, 11) is -4.44. The van der Waals surface area contributed by atoms with Gasteiger partial charge in [-0.3, -0.25) is 4.55 Å². The number of anilines is 1. The number of aliphatic hydroxyl groups is 1. The zero-order valence-electron chi connectivity index (χ0n) is 11.4. The highest BCUT2D eigenvalue weighted by Gasteiger charge is 2.16. The maximum atomic E-state index is 11.4. The fourth-order valence-corrected chi connectivity index (χ4v) is 2.33. The fourth-order valence-electron chi connectivity index (χ4n) is 1.58. The smallest absolute Gasteiger partial charge is 0.294 e. The molecule has 0 unspecified atom stereocenters. The number of nitriles is 2. The van der Waals surface area contributed by atoms with Gasteiger partial charge in [0.15, 0.2) is 0 Å². The highest BCUT2D eigenvalue weighted by atomic mass is 32.2. The molecule has 0 bridgehead atoms. The first-order valence-electron chi connectivity index (χ1n) is 6.11. The molecule has 0 aliphatic carbocycles. The highest BCUT2D eigenvalue weighted by Crippen LogP contribution is 2.21. The van der Waals surface area contributed by atoms with E-state index in [1.807, 2.05) is 0 Å². The van der Waals surface area contributed by atoms with Crippen molar-refractivity contribution in [1.82, 2.24) is 5.32 Å². The van der Waals surface area contributed by atoms with E-state index >= 15 is 0 Å². The molecule has 0 aliphatic heterocycles. The normalized spacial score (nSPS) is 10.4. The van der Waals surface area contributed by atoms with E-state index in [0.29, 0.717) is 11.3 Å². The van der Waals surface area contributed by atoms with Gasteiger partial charge in [0.25, 0.3) is 10.1 Å². The molecule has 0 atom stereocenters. The third-order valence-corrected chi connectivity index (χ3v) is 3.51. The van der Waals surface area contributed by atoms with Gasteiger partial charge in [-0.25, -0.2) is 0 Å². The van der Waals surface area contributed by atoms with Crippen molar-refractivity contribution >= 4 is 15.8 Å². The van der Waals surface area contributed by atoms with Crippen LogP contribution in [0.5, 0.6) is 0 Å². The van der Waals surface area contributed by atoms with Gasteiger partial charge in [-0.05, 0) is 17.7 Å². The van der Waals surface area contributed by atoms with Crippen LogP contribution in [-0.4, -0.2) is 31.2 Å². The SMILES string of the molecule is N#CC(C#N)=CNc1ccc(CNCCO)c(S(=O)(=O)O)c1. The van der Waals surface area contributed by atoms with Crippen molar-refractivity contribution in [3.8, 4) is 12.1 Å². The molecule has 0 saturated heterocycles. The second kappa shape index (κ2) is 8.12. The van der Waals surface area contributed by atoms with Gasteiger partial charge in [0, 0.05) is 25.0 Å². The summed E-state index contributed by atoms with van der Waals surface area (Å²) in [6, 6.07) is 7.50. The molecule has 0 saturated carbocycles. The largest absolute Gasteiger partial charge is 0.395 e. The van der Waals surface area contributed by atoms with Crippen LogP contribution in [-0.2, 0) is 16.7 Å². The number of nitrogens with one attached hydrogen (secondary N) is 2. The second-order valence-electron chi connectivity index (χ2n) is 4.12. The van der Waals surface area contributed by atoms with Crippen molar-refractivity contribution in [3.05, 3.63) is 35.5 Å². The van der Waals surface area contributed by atoms with Crippen molar-refractivity contribution < 1.29 is 18.1 Å². The number of hydrogen-bond acceptors (Lipinski definition) is 7. The zero-order chi connectivity index (χ0) is 16.6. The van der Waals surface area contributed by atoms with Crippen LogP contribution in [0.15, 0.2) is 34.9 Å². The first kappa shape index (κ1) is 17.6. The maximum absolute atomic E-state index is 11.4. The summed E-state index contributed by atoms with van der Waals surface area (Å²) < 4.78 is 32.1. The van der Waals surface area contributed by atoms with Crippen molar-refractivity contribution in [2.75, 3.05) is 18.5 Å². The van der Waals surface area contributed by atoms with Crippen LogP contribution >= 0.6 is 0 Å². The lowest BCUT2D eigenvalue weighted by Gasteiger charge is -2.10. The molecule has 4 N–H and O–H groups in total. The monoisotopic (exact) mass is 322 g/mol. The van der Waals surface area contributed by atoms with E-state index in [4.69, 9.17) is 15.6 Å². The summed E-state index contributed by atoms with van der Waals surface area (Å²) in [5.41, 5.74) is 0.440. The Kier molecular flexibility index (Phi) is 6.50. The Hall–Kier alpha value is -2.43. The van der Waals surface area contributed by atoms with Gasteiger partial charge < -0.3 is 15.7 Å². The molecule has 1 rings (SSSR count). The van der Waals surface area contributed by atoms with Crippen LogP contribution in [0.3, 0.4) is 0 Å². The van der Waals surface area contributed by atoms with Gasteiger partial charge in [0.05, 0.1) is 6.61 Å². The Labute approximate surface area is 128 Å². The Morgan fingerprint density at radius 3 is 2.55 bits per heavy atom. The standard InChI is InChI=1S/C13H14N4O4S/c14-6-10(7-15)8-17-12-2-1-11(9-16-3-4-18)13(5-12)22(19,20)21/h1-2,5,8,16-18H,3-4,9H2,(H,19,20,21). The lowest BCUT2D eigenvalue weighted by Crippen LogP contribution is -2.19. The topological polar surface area (TPSA) is 146 Å². The van der Waals surface area contributed by atoms with Gasteiger partial charge >= 0.3 is 0 Å². The van der Waals surface area contributed by atoms with Gasteiger partial charge in [0.1, 0.15) is 22.6 Å².